The van der Waals surface area contributed by atoms with E-state index >= 15 is 0 Å². The summed E-state index contributed by atoms with van der Waals surface area (Å²) >= 11 is 18.5. The van der Waals surface area contributed by atoms with Gasteiger partial charge in [0.1, 0.15) is 0 Å². The SMILES string of the molecule is CCCCn1c(=O)n(CCCn2nnnc2Cc2c(Cl)cccc2Cl)c(=O)c2[nH]c(Cl)nc21. The molecule has 3 heterocycles. The molecule has 10 nitrogen and oxygen atoms in total. The summed E-state index contributed by atoms with van der Waals surface area (Å²) in [5.41, 5.74) is 0.352. The van der Waals surface area contributed by atoms with E-state index in [9.17, 15) is 9.59 Å². The molecule has 174 valence electrons. The van der Waals surface area contributed by atoms with Crippen LogP contribution in [0.15, 0.2) is 27.8 Å². The van der Waals surface area contributed by atoms with E-state index in [2.05, 4.69) is 25.5 Å². The molecule has 0 spiro atoms. The molecule has 0 unspecified atom stereocenters. The van der Waals surface area contributed by atoms with Crippen LogP contribution in [0.25, 0.3) is 11.2 Å². The molecule has 0 atom stereocenters. The molecule has 0 aliphatic rings. The van der Waals surface area contributed by atoms with Crippen molar-refractivity contribution in [3.63, 3.8) is 0 Å². The predicted molar refractivity (Wildman–Crippen MR) is 126 cm³/mol. The Balaban J connectivity index is 1.55. The van der Waals surface area contributed by atoms with Crippen LogP contribution in [0.4, 0.5) is 0 Å². The zero-order valence-corrected chi connectivity index (χ0v) is 20.0. The van der Waals surface area contributed by atoms with Crippen molar-refractivity contribution in [1.29, 1.82) is 0 Å². The largest absolute Gasteiger partial charge is 0.332 e. The maximum absolute atomic E-state index is 13.0. The van der Waals surface area contributed by atoms with E-state index in [4.69, 9.17) is 34.8 Å². The van der Waals surface area contributed by atoms with Crippen LogP contribution in [0.3, 0.4) is 0 Å². The van der Waals surface area contributed by atoms with Crippen molar-refractivity contribution < 1.29 is 0 Å². The number of nitrogens with zero attached hydrogens (tertiary/aromatic N) is 7. The molecule has 13 heteroatoms. The maximum Gasteiger partial charge on any atom is 0.332 e. The molecule has 0 saturated heterocycles. The third kappa shape index (κ3) is 4.83. The number of tetrazole rings is 1. The van der Waals surface area contributed by atoms with Crippen LogP contribution in [0.1, 0.15) is 37.6 Å². The van der Waals surface area contributed by atoms with E-state index in [-0.39, 0.29) is 23.0 Å². The van der Waals surface area contributed by atoms with Gasteiger partial charge in [-0.05, 0) is 52.6 Å². The summed E-state index contributed by atoms with van der Waals surface area (Å²) in [7, 11) is 0. The second-order valence-corrected chi connectivity index (χ2v) is 8.69. The van der Waals surface area contributed by atoms with E-state index in [0.29, 0.717) is 41.8 Å². The minimum atomic E-state index is -0.457. The molecular weight excluding hydrogens is 491 g/mol. The van der Waals surface area contributed by atoms with Crippen molar-refractivity contribution in [1.82, 2.24) is 39.3 Å². The number of halogens is 3. The molecule has 4 aromatic rings. The number of imidazole rings is 1. The Bertz CT molecular complexity index is 1380. The highest BCUT2D eigenvalue weighted by Gasteiger charge is 2.17. The van der Waals surface area contributed by atoms with Crippen molar-refractivity contribution in [3.05, 3.63) is 65.8 Å². The molecule has 1 aromatic carbocycles. The summed E-state index contributed by atoms with van der Waals surface area (Å²) in [5, 5.41) is 13.0. The molecule has 0 fully saturated rings. The molecule has 0 radical (unpaired) electrons. The molecule has 0 aliphatic heterocycles. The van der Waals surface area contributed by atoms with Gasteiger partial charge < -0.3 is 4.98 Å². The maximum atomic E-state index is 13.0. The number of H-pyrrole nitrogens is 1. The molecule has 0 amide bonds. The first kappa shape index (κ1) is 23.5. The van der Waals surface area contributed by atoms with Crippen LogP contribution in [0, 0.1) is 0 Å². The van der Waals surface area contributed by atoms with Crippen molar-refractivity contribution in [2.45, 2.75) is 52.2 Å². The number of hydrogen-bond acceptors (Lipinski definition) is 6. The van der Waals surface area contributed by atoms with Crippen molar-refractivity contribution in [2.75, 3.05) is 0 Å². The van der Waals surface area contributed by atoms with Gasteiger partial charge in [-0.15, -0.1) is 5.10 Å². The van der Waals surface area contributed by atoms with Crippen molar-refractivity contribution in [3.8, 4) is 0 Å². The number of aryl methyl sites for hydroxylation is 2. The Hall–Kier alpha value is -2.69. The smallest absolute Gasteiger partial charge is 0.323 e. The Morgan fingerprint density at radius 3 is 2.45 bits per heavy atom. The average molecular weight is 512 g/mol. The first-order valence-corrected chi connectivity index (χ1v) is 11.6. The van der Waals surface area contributed by atoms with E-state index in [1.807, 2.05) is 6.92 Å². The summed E-state index contributed by atoms with van der Waals surface area (Å²) in [6.45, 7) is 3.05. The fourth-order valence-electron chi connectivity index (χ4n) is 3.61. The number of hydrogen-bond donors (Lipinski definition) is 1. The minimum absolute atomic E-state index is 0.0704. The number of aromatic nitrogens is 8. The normalized spacial score (nSPS) is 11.5. The first-order chi connectivity index (χ1) is 15.9. The Morgan fingerprint density at radius 2 is 1.73 bits per heavy atom. The highest BCUT2D eigenvalue weighted by Crippen LogP contribution is 2.26. The number of unbranched alkanes of at least 4 members (excludes halogenated alkanes) is 1. The van der Waals surface area contributed by atoms with Gasteiger partial charge in [-0.3, -0.25) is 13.9 Å². The van der Waals surface area contributed by atoms with E-state index in [1.54, 1.807) is 22.9 Å². The highest BCUT2D eigenvalue weighted by atomic mass is 35.5. The van der Waals surface area contributed by atoms with Crippen LogP contribution in [-0.4, -0.2) is 39.3 Å². The topological polar surface area (TPSA) is 116 Å². The standard InChI is InChI=1S/C20H21Cl3N8O2/c1-2-3-8-29-17-16(24-19(23)25-17)18(32)30(20(29)33)9-5-10-31-15(26-27-28-31)11-12-13(21)6-4-7-14(12)22/h4,6-7H,2-3,5,8-11H2,1H3,(H,24,25). The minimum Gasteiger partial charge on any atom is -0.323 e. The van der Waals surface area contributed by atoms with E-state index in [0.717, 1.165) is 18.4 Å². The molecule has 33 heavy (non-hydrogen) atoms. The van der Waals surface area contributed by atoms with Crippen LogP contribution in [-0.2, 0) is 26.1 Å². The molecule has 0 aliphatic carbocycles. The van der Waals surface area contributed by atoms with Gasteiger partial charge in [0.2, 0.25) is 5.28 Å². The number of aromatic amines is 1. The van der Waals surface area contributed by atoms with Crippen molar-refractivity contribution >= 4 is 46.0 Å². The molecule has 0 bridgehead atoms. The van der Waals surface area contributed by atoms with Crippen LogP contribution < -0.4 is 11.2 Å². The van der Waals surface area contributed by atoms with Crippen LogP contribution in [0.2, 0.25) is 15.3 Å². The van der Waals surface area contributed by atoms with E-state index in [1.165, 1.54) is 9.13 Å². The third-order valence-electron chi connectivity index (χ3n) is 5.32. The third-order valence-corrected chi connectivity index (χ3v) is 6.21. The average Bonchev–Trinajstić information content (AvgIpc) is 3.39. The summed E-state index contributed by atoms with van der Waals surface area (Å²) in [6.07, 6.45) is 2.47. The summed E-state index contributed by atoms with van der Waals surface area (Å²) in [5.74, 6) is 0.577. The zero-order valence-electron chi connectivity index (χ0n) is 17.8. The van der Waals surface area contributed by atoms with Gasteiger partial charge in [-0.2, -0.15) is 4.98 Å². The molecule has 3 aromatic heterocycles. The Morgan fingerprint density at radius 1 is 1.00 bits per heavy atom. The summed E-state index contributed by atoms with van der Waals surface area (Å²) in [6, 6.07) is 5.28. The van der Waals surface area contributed by atoms with Gasteiger partial charge in [-0.1, -0.05) is 42.6 Å². The number of benzene rings is 1. The van der Waals surface area contributed by atoms with Gasteiger partial charge in [0.25, 0.3) is 5.56 Å². The second kappa shape index (κ2) is 10.1. The van der Waals surface area contributed by atoms with Crippen LogP contribution >= 0.6 is 34.8 Å². The van der Waals surface area contributed by atoms with Gasteiger partial charge >= 0.3 is 5.69 Å². The van der Waals surface area contributed by atoms with Crippen LogP contribution in [0.5, 0.6) is 0 Å². The first-order valence-electron chi connectivity index (χ1n) is 10.5. The van der Waals surface area contributed by atoms with Gasteiger partial charge in [0.15, 0.2) is 17.0 Å². The predicted octanol–water partition coefficient (Wildman–Crippen LogP) is 3.31. The fraction of sp³-hybridized carbons (Fsp3) is 0.400. The van der Waals surface area contributed by atoms with Gasteiger partial charge in [0.05, 0.1) is 0 Å². The lowest BCUT2D eigenvalue weighted by molar-refractivity contribution is 0.475. The lowest BCUT2D eigenvalue weighted by Crippen LogP contribution is -2.40. The number of rotatable bonds is 9. The van der Waals surface area contributed by atoms with E-state index < -0.39 is 11.2 Å². The number of fused-ring (bicyclic) bond motifs is 1. The fourth-order valence-corrected chi connectivity index (χ4v) is 4.32. The molecule has 4 rings (SSSR count). The monoisotopic (exact) mass is 510 g/mol. The molecule has 0 saturated carbocycles. The lowest BCUT2D eigenvalue weighted by Gasteiger charge is -2.11. The van der Waals surface area contributed by atoms with Gasteiger partial charge in [-0.25, -0.2) is 9.48 Å². The lowest BCUT2D eigenvalue weighted by atomic mass is 10.1. The van der Waals surface area contributed by atoms with Crippen molar-refractivity contribution in [2.24, 2.45) is 0 Å². The Labute approximate surface area is 203 Å². The zero-order chi connectivity index (χ0) is 23.5. The van der Waals surface area contributed by atoms with Gasteiger partial charge in [0, 0.05) is 36.1 Å². The molecular formula is C20H21Cl3N8O2. The second-order valence-electron chi connectivity index (χ2n) is 7.52. The highest BCUT2D eigenvalue weighted by molar-refractivity contribution is 6.36. The Kier molecular flexibility index (Phi) is 7.16. The number of nitrogens with one attached hydrogen (secondary N) is 1. The molecule has 1 N–H and O–H groups in total. The summed E-state index contributed by atoms with van der Waals surface area (Å²) < 4.78 is 4.30. The summed E-state index contributed by atoms with van der Waals surface area (Å²) in [4.78, 5) is 32.8. The quantitative estimate of drug-likeness (QED) is 0.345.